The zero-order valence-corrected chi connectivity index (χ0v) is 25.0. The van der Waals surface area contributed by atoms with Gasteiger partial charge in [0.15, 0.2) is 9.84 Å². The van der Waals surface area contributed by atoms with Crippen molar-refractivity contribution in [2.75, 3.05) is 25.2 Å². The second-order valence-electron chi connectivity index (χ2n) is 11.6. The number of sulfone groups is 1. The van der Waals surface area contributed by atoms with Gasteiger partial charge in [-0.1, -0.05) is 19.9 Å². The minimum atomic E-state index is -3.49. The summed E-state index contributed by atoms with van der Waals surface area (Å²) in [5.41, 5.74) is 2.06. The third kappa shape index (κ3) is 5.94. The Kier molecular flexibility index (Phi) is 7.44. The number of likely N-dealkylation sites (N-methyl/N-ethyl adjacent to an activating group) is 1. The monoisotopic (exact) mass is 591 g/mol. The largest absolute Gasteiger partial charge is 0.368 e. The molecule has 4 aromatic heterocycles. The predicted octanol–water partition coefficient (Wildman–Crippen LogP) is 3.97. The number of hydrogen-bond acceptors (Lipinski definition) is 9. The van der Waals surface area contributed by atoms with Crippen LogP contribution in [0.4, 0.5) is 5.82 Å². The predicted molar refractivity (Wildman–Crippen MR) is 164 cm³/mol. The van der Waals surface area contributed by atoms with Gasteiger partial charge in [-0.05, 0) is 49.7 Å². The number of nitrogens with one attached hydrogen (secondary N) is 2. The minimum absolute atomic E-state index is 0. The number of carbonyl (C=O) groups is 2. The van der Waals surface area contributed by atoms with Crippen molar-refractivity contribution < 1.29 is 20.9 Å². The van der Waals surface area contributed by atoms with Crippen LogP contribution in [-0.4, -0.2) is 70.5 Å². The molecule has 1 aliphatic rings. The fourth-order valence-electron chi connectivity index (χ4n) is 5.30. The number of likely N-dealkylation sites (tertiary alicyclic amines) is 1. The number of carbonyl (C=O) groups excluding carboxylic acids is 2. The van der Waals surface area contributed by atoms with Gasteiger partial charge in [0, 0.05) is 52.1 Å². The quantitative estimate of drug-likeness (QED) is 0.311. The molecule has 0 aliphatic carbocycles. The molecule has 2 N–H and O–H groups in total. The summed E-state index contributed by atoms with van der Waals surface area (Å²) in [4.78, 5) is 44.9. The minimum Gasteiger partial charge on any atom is -0.368 e. The molecule has 11 nitrogen and oxygen atoms in total. The summed E-state index contributed by atoms with van der Waals surface area (Å²) in [6.07, 6.45) is 6.02. The first-order valence-corrected chi connectivity index (χ1v) is 15.3. The third-order valence-corrected chi connectivity index (χ3v) is 8.72. The van der Waals surface area contributed by atoms with Crippen LogP contribution in [0.1, 0.15) is 46.1 Å². The molecule has 42 heavy (non-hydrogen) atoms. The number of nitrogens with zero attached hydrogens (tertiary/aromatic N) is 5. The zero-order chi connectivity index (χ0) is 30.3. The average Bonchev–Trinajstić information content (AvgIpc) is 3.12. The molecule has 0 spiro atoms. The maximum absolute atomic E-state index is 12.6. The van der Waals surface area contributed by atoms with Crippen LogP contribution in [0.25, 0.3) is 22.3 Å². The van der Waals surface area contributed by atoms with E-state index in [1.54, 1.807) is 12.3 Å². The van der Waals surface area contributed by atoms with Crippen LogP contribution in [0, 0.1) is 5.41 Å². The summed E-state index contributed by atoms with van der Waals surface area (Å²) >= 11 is 0. The molecule has 1 unspecified atom stereocenters. The van der Waals surface area contributed by atoms with Gasteiger partial charge in [-0.15, -0.1) is 0 Å². The lowest BCUT2D eigenvalue weighted by atomic mass is 9.84. The Labute approximate surface area is 247 Å². The van der Waals surface area contributed by atoms with Gasteiger partial charge in [0.1, 0.15) is 5.82 Å². The van der Waals surface area contributed by atoms with Crippen LogP contribution in [0.3, 0.4) is 0 Å². The first-order valence-electron chi connectivity index (χ1n) is 13.4. The third-order valence-electron chi connectivity index (χ3n) is 7.64. The van der Waals surface area contributed by atoms with E-state index < -0.39 is 21.2 Å². The van der Waals surface area contributed by atoms with Gasteiger partial charge in [-0.25, -0.2) is 18.4 Å². The van der Waals surface area contributed by atoms with Gasteiger partial charge in [-0.3, -0.25) is 19.6 Å². The van der Waals surface area contributed by atoms with E-state index in [1.807, 2.05) is 56.1 Å². The number of hydrogen-bond donors (Lipinski definition) is 2. The Bertz CT molecular complexity index is 1820. The highest BCUT2D eigenvalue weighted by Crippen LogP contribution is 2.41. The van der Waals surface area contributed by atoms with Crippen molar-refractivity contribution in [2.45, 2.75) is 44.2 Å². The summed E-state index contributed by atoms with van der Waals surface area (Å²) < 4.78 is 23.6. The Balaban J connectivity index is 0.00000264. The van der Waals surface area contributed by atoms with Gasteiger partial charge in [0.25, 0.3) is 5.91 Å². The maximum Gasteiger partial charge on any atom is 0.253 e. The zero-order valence-electron chi connectivity index (χ0n) is 24.2. The van der Waals surface area contributed by atoms with Gasteiger partial charge >= 0.3 is 0 Å². The number of pyridine rings is 4. The molecule has 0 radical (unpaired) electrons. The number of fused-ring (bicyclic) bond motifs is 1. The molecule has 5 heterocycles. The number of aromatic nitrogens is 4. The number of amides is 2. The van der Waals surface area contributed by atoms with Crippen molar-refractivity contribution in [3.8, 4) is 11.4 Å². The van der Waals surface area contributed by atoms with E-state index >= 15 is 0 Å². The molecule has 1 aliphatic heterocycles. The van der Waals surface area contributed by atoms with Crippen LogP contribution in [-0.2, 0) is 21.2 Å². The van der Waals surface area contributed by atoms with E-state index in [4.69, 9.17) is 9.97 Å². The van der Waals surface area contributed by atoms with Crippen LogP contribution >= 0.6 is 0 Å². The van der Waals surface area contributed by atoms with E-state index in [0.717, 1.165) is 18.1 Å². The first kappa shape index (κ1) is 29.1. The van der Waals surface area contributed by atoms with Crippen LogP contribution in [0.2, 0.25) is 0 Å². The molecule has 0 bridgehead atoms. The maximum atomic E-state index is 12.6. The molecule has 1 atom stereocenters. The van der Waals surface area contributed by atoms with Gasteiger partial charge in [-0.2, -0.15) is 0 Å². The molecule has 0 saturated carbocycles. The molecule has 0 aromatic carbocycles. The molecule has 222 valence electrons. The highest BCUT2D eigenvalue weighted by Gasteiger charge is 2.50. The van der Waals surface area contributed by atoms with E-state index in [1.165, 1.54) is 18.5 Å². The van der Waals surface area contributed by atoms with E-state index in [2.05, 4.69) is 27.5 Å². The van der Waals surface area contributed by atoms with Crippen molar-refractivity contribution in [3.63, 3.8) is 0 Å². The lowest BCUT2D eigenvalue weighted by Crippen LogP contribution is -2.45. The second kappa shape index (κ2) is 10.8. The lowest BCUT2D eigenvalue weighted by Gasteiger charge is -2.32. The molecule has 12 heteroatoms. The number of rotatable bonds is 8. The van der Waals surface area contributed by atoms with Crippen molar-refractivity contribution in [2.24, 2.45) is 5.41 Å². The SMILES string of the molecule is CN1C(=O)C(C)(C)CC1(C)CNc1cccc(-c2ccc3cnc(CNC(=O)c4cncc(S(C)(=O)=O)c4)cc3n2)n1.[HH].[HH]. The highest BCUT2D eigenvalue weighted by atomic mass is 32.2. The molecule has 4 aromatic rings. The molecule has 2 amide bonds. The first-order chi connectivity index (χ1) is 19.7. The Morgan fingerprint density at radius 1 is 1.05 bits per heavy atom. The topological polar surface area (TPSA) is 147 Å². The fourth-order valence-corrected chi connectivity index (χ4v) is 5.89. The Hall–Kier alpha value is -4.45. The summed E-state index contributed by atoms with van der Waals surface area (Å²) in [5, 5.41) is 6.99. The molecular formula is C30H37N7O4S. The van der Waals surface area contributed by atoms with E-state index in [-0.39, 0.29) is 31.3 Å². The van der Waals surface area contributed by atoms with E-state index in [9.17, 15) is 18.0 Å². The number of anilines is 1. The Morgan fingerprint density at radius 3 is 2.52 bits per heavy atom. The highest BCUT2D eigenvalue weighted by molar-refractivity contribution is 7.90. The lowest BCUT2D eigenvalue weighted by molar-refractivity contribution is -0.135. The van der Waals surface area contributed by atoms with Crippen molar-refractivity contribution in [3.05, 3.63) is 72.3 Å². The molecule has 1 fully saturated rings. The smallest absolute Gasteiger partial charge is 0.253 e. The summed E-state index contributed by atoms with van der Waals surface area (Å²) in [7, 11) is -1.63. The van der Waals surface area contributed by atoms with Crippen LogP contribution in [0.5, 0.6) is 0 Å². The van der Waals surface area contributed by atoms with Crippen LogP contribution in [0.15, 0.2) is 66.0 Å². The van der Waals surface area contributed by atoms with Crippen molar-refractivity contribution in [1.82, 2.24) is 30.2 Å². The second-order valence-corrected chi connectivity index (χ2v) is 13.6. The molecular weight excluding hydrogens is 554 g/mol. The van der Waals surface area contributed by atoms with Crippen LogP contribution < -0.4 is 10.6 Å². The van der Waals surface area contributed by atoms with E-state index in [0.29, 0.717) is 35.0 Å². The Morgan fingerprint density at radius 2 is 1.81 bits per heavy atom. The molecule has 1 saturated heterocycles. The summed E-state index contributed by atoms with van der Waals surface area (Å²) in [5.74, 6) is 0.366. The van der Waals surface area contributed by atoms with Gasteiger partial charge in [0.2, 0.25) is 5.91 Å². The fraction of sp³-hybridized carbons (Fsp3) is 0.333. The van der Waals surface area contributed by atoms with Gasteiger partial charge in [0.05, 0.1) is 45.1 Å². The summed E-state index contributed by atoms with van der Waals surface area (Å²) in [6.45, 7) is 6.73. The van der Waals surface area contributed by atoms with Crippen molar-refractivity contribution in [1.29, 1.82) is 0 Å². The van der Waals surface area contributed by atoms with Crippen molar-refractivity contribution >= 4 is 38.4 Å². The normalized spacial score (nSPS) is 18.3. The standard InChI is InChI=1S/C30H33N7O4S.2H2/c1-29(2)17-30(3,37(4)28(29)39)18-34-26-8-6-7-23(36-26)24-10-9-19-14-32-21(12-25(19)35-24)15-33-27(38)20-11-22(16-31-13-20)42(5,40)41;;/h6-14,16H,15,17-18H2,1-5H3,(H,33,38)(H,34,36);2*1H. The van der Waals surface area contributed by atoms with Gasteiger partial charge < -0.3 is 15.5 Å². The average molecular weight is 592 g/mol. The molecule has 5 rings (SSSR count). The summed E-state index contributed by atoms with van der Waals surface area (Å²) in [6, 6.07) is 12.6.